The zero-order valence-corrected chi connectivity index (χ0v) is 16.7. The molecule has 2 aromatic rings. The van der Waals surface area contributed by atoms with Gasteiger partial charge in [-0.3, -0.25) is 0 Å². The number of hydrogen-bond donors (Lipinski definition) is 0. The van der Waals surface area contributed by atoms with Gasteiger partial charge in [-0.1, -0.05) is 31.9 Å². The fourth-order valence-corrected chi connectivity index (χ4v) is 3.79. The van der Waals surface area contributed by atoms with Crippen molar-refractivity contribution in [2.24, 2.45) is 0 Å². The molecule has 6 heteroatoms. The van der Waals surface area contributed by atoms with Crippen molar-refractivity contribution in [1.82, 2.24) is 0 Å². The molecule has 0 saturated heterocycles. The maximum Gasteiger partial charge on any atom is 0.347 e. The molecule has 0 radical (unpaired) electrons. The van der Waals surface area contributed by atoms with Crippen molar-refractivity contribution in [2.45, 2.75) is 13.8 Å². The lowest BCUT2D eigenvalue weighted by Crippen LogP contribution is -2.12. The zero-order valence-electron chi connectivity index (χ0n) is 12.0. The lowest BCUT2D eigenvalue weighted by atomic mass is 10.2. The summed E-state index contributed by atoms with van der Waals surface area (Å²) in [5.41, 5.74) is 1.23. The third-order valence-electron chi connectivity index (χ3n) is 2.85. The van der Waals surface area contributed by atoms with Crippen LogP contribution >= 0.6 is 47.8 Å². The van der Waals surface area contributed by atoms with Crippen molar-refractivity contribution in [3.05, 3.63) is 54.9 Å². The molecule has 0 unspecified atom stereocenters. The molecule has 0 fully saturated rings. The Bertz CT molecular complexity index is 691. The maximum atomic E-state index is 12.5. The molecule has 0 aliphatic heterocycles. The molecule has 2 rings (SSSR count). The molecule has 0 aliphatic rings. The number of carbonyl (C=O) groups excluding carboxylic acids is 1. The van der Waals surface area contributed by atoms with Gasteiger partial charge in [0.05, 0.1) is 11.1 Å². The Morgan fingerprint density at radius 2 is 1.82 bits per heavy atom. The van der Waals surface area contributed by atoms with Crippen molar-refractivity contribution >= 4 is 53.8 Å². The molecule has 0 atom stereocenters. The molecule has 22 heavy (non-hydrogen) atoms. The molecule has 116 valence electrons. The molecule has 0 spiro atoms. The first-order chi connectivity index (χ1) is 10.4. The van der Waals surface area contributed by atoms with Gasteiger partial charge in [-0.2, -0.15) is 0 Å². The minimum Gasteiger partial charge on any atom is -0.493 e. The van der Waals surface area contributed by atoms with E-state index in [-0.39, 0.29) is 0 Å². The molecule has 0 bridgehead atoms. The van der Waals surface area contributed by atoms with Gasteiger partial charge >= 0.3 is 5.97 Å². The highest BCUT2D eigenvalue weighted by Crippen LogP contribution is 2.34. The molecule has 0 saturated carbocycles. The highest BCUT2D eigenvalue weighted by Gasteiger charge is 2.18. The molecule has 3 nitrogen and oxygen atoms in total. The van der Waals surface area contributed by atoms with E-state index in [9.17, 15) is 4.79 Å². The van der Waals surface area contributed by atoms with Gasteiger partial charge in [-0.15, -0.1) is 0 Å². The molecule has 0 heterocycles. The van der Waals surface area contributed by atoms with Crippen molar-refractivity contribution in [1.29, 1.82) is 0 Å². The summed E-state index contributed by atoms with van der Waals surface area (Å²) < 4.78 is 13.4. The molecular weight excluding hydrogens is 480 g/mol. The van der Waals surface area contributed by atoms with Crippen LogP contribution in [-0.4, -0.2) is 12.6 Å². The van der Waals surface area contributed by atoms with Crippen LogP contribution in [0, 0.1) is 6.92 Å². The van der Waals surface area contributed by atoms with Crippen molar-refractivity contribution in [2.75, 3.05) is 6.61 Å². The van der Waals surface area contributed by atoms with Crippen LogP contribution in [0.15, 0.2) is 43.7 Å². The first-order valence-electron chi connectivity index (χ1n) is 6.52. The normalized spacial score (nSPS) is 10.4. The van der Waals surface area contributed by atoms with E-state index in [1.807, 2.05) is 32.0 Å². The van der Waals surface area contributed by atoms with E-state index >= 15 is 0 Å². The summed E-state index contributed by atoms with van der Waals surface area (Å²) in [6, 6.07) is 8.98. The topological polar surface area (TPSA) is 35.5 Å². The van der Waals surface area contributed by atoms with Crippen LogP contribution in [0.4, 0.5) is 0 Å². The summed E-state index contributed by atoms with van der Waals surface area (Å²) in [6.07, 6.45) is 0. The summed E-state index contributed by atoms with van der Waals surface area (Å²) in [4.78, 5) is 12.5. The Kier molecular flexibility index (Phi) is 6.06. The number of benzene rings is 2. The van der Waals surface area contributed by atoms with Crippen molar-refractivity contribution in [3.8, 4) is 11.5 Å². The third-order valence-corrected chi connectivity index (χ3v) is 4.39. The van der Waals surface area contributed by atoms with Gasteiger partial charge in [0.25, 0.3) is 0 Å². The van der Waals surface area contributed by atoms with E-state index in [0.29, 0.717) is 28.1 Å². The van der Waals surface area contributed by atoms with E-state index < -0.39 is 5.97 Å². The van der Waals surface area contributed by atoms with Crippen LogP contribution in [0.5, 0.6) is 11.5 Å². The Morgan fingerprint density at radius 1 is 1.09 bits per heavy atom. The number of hydrogen-bond acceptors (Lipinski definition) is 3. The molecular formula is C16H13Br3O3. The Balaban J connectivity index is 2.36. The second-order valence-electron chi connectivity index (χ2n) is 4.50. The summed E-state index contributed by atoms with van der Waals surface area (Å²) in [5.74, 6) is 0.535. The number of aryl methyl sites for hydroxylation is 1. The van der Waals surface area contributed by atoms with E-state index in [1.54, 1.807) is 12.1 Å². The average molecular weight is 493 g/mol. The predicted molar refractivity (Wildman–Crippen MR) is 96.8 cm³/mol. The van der Waals surface area contributed by atoms with Gasteiger partial charge in [0, 0.05) is 8.95 Å². The van der Waals surface area contributed by atoms with E-state index in [4.69, 9.17) is 9.47 Å². The molecule has 2 aromatic carbocycles. The van der Waals surface area contributed by atoms with Crippen LogP contribution in [-0.2, 0) is 0 Å². The molecule has 0 aromatic heterocycles. The van der Waals surface area contributed by atoms with Crippen LogP contribution in [0.25, 0.3) is 0 Å². The lowest BCUT2D eigenvalue weighted by Gasteiger charge is -2.13. The summed E-state index contributed by atoms with van der Waals surface area (Å²) in [6.45, 7) is 4.22. The summed E-state index contributed by atoms with van der Waals surface area (Å²) >= 11 is 10.2. The minimum absolute atomic E-state index is 0.380. The number of esters is 1. The lowest BCUT2D eigenvalue weighted by molar-refractivity contribution is 0.0728. The minimum atomic E-state index is -0.462. The fourth-order valence-electron chi connectivity index (χ4n) is 1.91. The van der Waals surface area contributed by atoms with Crippen LogP contribution in [0.3, 0.4) is 0 Å². The third kappa shape index (κ3) is 4.12. The monoisotopic (exact) mass is 490 g/mol. The first kappa shape index (κ1) is 17.5. The SMILES string of the molecule is CCOc1ccc(Br)cc1C(=O)Oc1c(C)cc(Br)cc1Br. The Hall–Kier alpha value is -0.850. The molecule has 0 aliphatic carbocycles. The van der Waals surface area contributed by atoms with E-state index in [2.05, 4.69) is 47.8 Å². The number of rotatable bonds is 4. The summed E-state index contributed by atoms with van der Waals surface area (Å²) in [5, 5.41) is 0. The van der Waals surface area contributed by atoms with E-state index in [0.717, 1.165) is 14.5 Å². The fraction of sp³-hybridized carbons (Fsp3) is 0.188. The Labute approximate surface area is 154 Å². The number of carbonyl (C=O) groups is 1. The van der Waals surface area contributed by atoms with Gasteiger partial charge < -0.3 is 9.47 Å². The van der Waals surface area contributed by atoms with Crippen LogP contribution in [0.1, 0.15) is 22.8 Å². The maximum absolute atomic E-state index is 12.5. The second kappa shape index (κ2) is 7.62. The standard InChI is InChI=1S/C16H13Br3O3/c1-3-21-14-5-4-10(17)7-12(14)16(20)22-15-9(2)6-11(18)8-13(15)19/h4-8H,3H2,1-2H3. The molecule has 0 N–H and O–H groups in total. The van der Waals surface area contributed by atoms with Gasteiger partial charge in [-0.05, 0) is 65.7 Å². The average Bonchev–Trinajstić information content (AvgIpc) is 2.44. The second-order valence-corrected chi connectivity index (χ2v) is 7.18. The van der Waals surface area contributed by atoms with E-state index in [1.165, 1.54) is 0 Å². The first-order valence-corrected chi connectivity index (χ1v) is 8.90. The highest BCUT2D eigenvalue weighted by molar-refractivity contribution is 9.11. The van der Waals surface area contributed by atoms with Gasteiger partial charge in [0.1, 0.15) is 17.1 Å². The van der Waals surface area contributed by atoms with Crippen molar-refractivity contribution < 1.29 is 14.3 Å². The smallest absolute Gasteiger partial charge is 0.347 e. The zero-order chi connectivity index (χ0) is 16.3. The van der Waals surface area contributed by atoms with Gasteiger partial charge in [-0.25, -0.2) is 4.79 Å². The number of halogens is 3. The van der Waals surface area contributed by atoms with Gasteiger partial charge in [0.15, 0.2) is 0 Å². The summed E-state index contributed by atoms with van der Waals surface area (Å²) in [7, 11) is 0. The highest BCUT2D eigenvalue weighted by atomic mass is 79.9. The van der Waals surface area contributed by atoms with Crippen LogP contribution < -0.4 is 9.47 Å². The Morgan fingerprint density at radius 3 is 2.45 bits per heavy atom. The number of ether oxygens (including phenoxy) is 2. The van der Waals surface area contributed by atoms with Crippen molar-refractivity contribution in [3.63, 3.8) is 0 Å². The van der Waals surface area contributed by atoms with Crippen LogP contribution in [0.2, 0.25) is 0 Å². The largest absolute Gasteiger partial charge is 0.493 e. The van der Waals surface area contributed by atoms with Gasteiger partial charge in [0.2, 0.25) is 0 Å². The molecule has 0 amide bonds. The predicted octanol–water partition coefficient (Wildman–Crippen LogP) is 5.90. The quantitative estimate of drug-likeness (QED) is 0.394.